The summed E-state index contributed by atoms with van der Waals surface area (Å²) in [6.07, 6.45) is 6.16. The Morgan fingerprint density at radius 2 is 1.35 bits per heavy atom. The molecule has 0 aliphatic heterocycles. The van der Waals surface area contributed by atoms with E-state index in [0.717, 1.165) is 30.3 Å². The van der Waals surface area contributed by atoms with Crippen molar-refractivity contribution >= 4 is 9.28 Å². The van der Waals surface area contributed by atoms with Crippen molar-refractivity contribution in [1.29, 1.82) is 0 Å². The minimum absolute atomic E-state index is 0.902. The second-order valence-corrected chi connectivity index (χ2v) is 6.02. The van der Waals surface area contributed by atoms with E-state index in [-0.39, 0.29) is 0 Å². The standard InChI is InChI=1S/C12H26N2O2Si/c1-6-9-11(4)13-15-17(8-3)16-14-12(5)10-7-2/h9-10,13-14,17H,6-8H2,1-5H3. The van der Waals surface area contributed by atoms with Crippen molar-refractivity contribution in [1.82, 2.24) is 11.0 Å². The smallest absolute Gasteiger partial charge is 0.290 e. The number of hydroxylamine groups is 2. The molecule has 17 heavy (non-hydrogen) atoms. The number of hydrogen-bond acceptors (Lipinski definition) is 4. The Morgan fingerprint density at radius 3 is 1.65 bits per heavy atom. The van der Waals surface area contributed by atoms with Crippen molar-refractivity contribution < 1.29 is 9.05 Å². The highest BCUT2D eigenvalue weighted by atomic mass is 28.3. The predicted molar refractivity (Wildman–Crippen MR) is 74.2 cm³/mol. The van der Waals surface area contributed by atoms with Crippen molar-refractivity contribution in [3.8, 4) is 0 Å². The molecule has 0 heterocycles. The molecule has 0 amide bonds. The topological polar surface area (TPSA) is 42.5 Å². The van der Waals surface area contributed by atoms with E-state index < -0.39 is 9.28 Å². The lowest BCUT2D eigenvalue weighted by Crippen LogP contribution is -2.33. The normalized spacial score (nSPS) is 14.6. The zero-order chi connectivity index (χ0) is 13.1. The fraction of sp³-hybridized carbons (Fsp3) is 0.667. The monoisotopic (exact) mass is 258 g/mol. The minimum Gasteiger partial charge on any atom is -0.290 e. The highest BCUT2D eigenvalue weighted by molar-refractivity contribution is 6.43. The van der Waals surface area contributed by atoms with Gasteiger partial charge >= 0.3 is 9.28 Å². The van der Waals surface area contributed by atoms with E-state index in [0.29, 0.717) is 0 Å². The van der Waals surface area contributed by atoms with Gasteiger partial charge in [0.2, 0.25) is 0 Å². The van der Waals surface area contributed by atoms with E-state index in [2.05, 4.69) is 43.9 Å². The van der Waals surface area contributed by atoms with Gasteiger partial charge < -0.3 is 0 Å². The summed E-state index contributed by atoms with van der Waals surface area (Å²) < 4.78 is 11.1. The lowest BCUT2D eigenvalue weighted by atomic mass is 10.4. The molecule has 0 aliphatic carbocycles. The van der Waals surface area contributed by atoms with Crippen LogP contribution in [0.1, 0.15) is 47.5 Å². The van der Waals surface area contributed by atoms with E-state index >= 15 is 0 Å². The van der Waals surface area contributed by atoms with Crippen LogP contribution in [0.5, 0.6) is 0 Å². The third-order valence-electron chi connectivity index (χ3n) is 2.06. The minimum atomic E-state index is -1.68. The van der Waals surface area contributed by atoms with Gasteiger partial charge in [-0.1, -0.05) is 32.9 Å². The Morgan fingerprint density at radius 1 is 0.941 bits per heavy atom. The summed E-state index contributed by atoms with van der Waals surface area (Å²) in [4.78, 5) is 0. The maximum Gasteiger partial charge on any atom is 0.376 e. The number of nitrogens with one attached hydrogen (secondary N) is 2. The number of rotatable bonds is 9. The first kappa shape index (κ1) is 16.2. The lowest BCUT2D eigenvalue weighted by molar-refractivity contribution is 0.113. The van der Waals surface area contributed by atoms with Gasteiger partial charge in [0.1, 0.15) is 0 Å². The molecule has 0 rings (SSSR count). The van der Waals surface area contributed by atoms with E-state index in [1.54, 1.807) is 0 Å². The molecule has 0 fully saturated rings. The maximum absolute atomic E-state index is 5.54. The Balaban J connectivity index is 3.92. The molecule has 0 aromatic heterocycles. The molecule has 2 N–H and O–H groups in total. The Labute approximate surface area is 107 Å². The first-order valence-electron chi connectivity index (χ1n) is 6.30. The van der Waals surface area contributed by atoms with E-state index in [4.69, 9.17) is 9.05 Å². The Hall–Kier alpha value is -0.783. The molecule has 5 heteroatoms. The van der Waals surface area contributed by atoms with Gasteiger partial charge in [-0.15, -0.1) is 0 Å². The molecule has 0 saturated carbocycles. The van der Waals surface area contributed by atoms with Crippen LogP contribution in [0.2, 0.25) is 6.04 Å². The average molecular weight is 258 g/mol. The maximum atomic E-state index is 5.54. The van der Waals surface area contributed by atoms with Crippen LogP contribution >= 0.6 is 0 Å². The molecule has 0 aliphatic rings. The van der Waals surface area contributed by atoms with Crippen LogP contribution in [0.25, 0.3) is 0 Å². The molecular formula is C12H26N2O2Si. The van der Waals surface area contributed by atoms with Crippen LogP contribution in [0.3, 0.4) is 0 Å². The fourth-order valence-electron chi connectivity index (χ4n) is 1.20. The second kappa shape index (κ2) is 10.4. The predicted octanol–water partition coefficient (Wildman–Crippen LogP) is 2.90. The Bertz CT molecular complexity index is 231. The summed E-state index contributed by atoms with van der Waals surface area (Å²) in [6, 6.07) is 0.902. The van der Waals surface area contributed by atoms with Crippen LogP contribution in [-0.4, -0.2) is 9.28 Å². The highest BCUT2D eigenvalue weighted by Crippen LogP contribution is 1.98. The van der Waals surface area contributed by atoms with Gasteiger partial charge in [-0.2, -0.15) is 0 Å². The number of allylic oxidation sites excluding steroid dienone is 4. The van der Waals surface area contributed by atoms with Crippen molar-refractivity contribution in [2.24, 2.45) is 0 Å². The van der Waals surface area contributed by atoms with Crippen LogP contribution in [-0.2, 0) is 9.05 Å². The zero-order valence-electron chi connectivity index (χ0n) is 11.7. The molecule has 100 valence electrons. The van der Waals surface area contributed by atoms with Crippen LogP contribution < -0.4 is 11.0 Å². The Kier molecular flexibility index (Phi) is 9.90. The summed E-state index contributed by atoms with van der Waals surface area (Å²) in [5, 5.41) is 0. The van der Waals surface area contributed by atoms with Crippen LogP contribution in [0.4, 0.5) is 0 Å². The number of hydrogen-bond donors (Lipinski definition) is 2. The molecule has 0 saturated heterocycles. The van der Waals surface area contributed by atoms with Crippen molar-refractivity contribution in [2.75, 3.05) is 0 Å². The molecule has 0 spiro atoms. The molecule has 0 atom stereocenters. The molecule has 0 aromatic carbocycles. The third-order valence-corrected chi connectivity index (χ3v) is 3.48. The summed E-state index contributed by atoms with van der Waals surface area (Å²) in [5.74, 6) is 0. The van der Waals surface area contributed by atoms with Gasteiger partial charge in [0.25, 0.3) is 0 Å². The van der Waals surface area contributed by atoms with E-state index in [1.807, 2.05) is 13.8 Å². The van der Waals surface area contributed by atoms with Crippen molar-refractivity contribution in [3.63, 3.8) is 0 Å². The van der Waals surface area contributed by atoms with Crippen molar-refractivity contribution in [3.05, 3.63) is 23.5 Å². The fourth-order valence-corrected chi connectivity index (χ4v) is 2.22. The zero-order valence-corrected chi connectivity index (χ0v) is 12.8. The molecule has 0 aromatic rings. The van der Waals surface area contributed by atoms with Crippen LogP contribution in [0, 0.1) is 0 Å². The van der Waals surface area contributed by atoms with Gasteiger partial charge in [-0.25, -0.2) is 0 Å². The summed E-state index contributed by atoms with van der Waals surface area (Å²) >= 11 is 0. The molecular weight excluding hydrogens is 232 g/mol. The second-order valence-electron chi connectivity index (χ2n) is 3.87. The van der Waals surface area contributed by atoms with E-state index in [9.17, 15) is 0 Å². The molecule has 0 radical (unpaired) electrons. The third kappa shape index (κ3) is 8.97. The molecule has 0 unspecified atom stereocenters. The molecule has 0 bridgehead atoms. The first-order valence-corrected chi connectivity index (χ1v) is 8.06. The largest absolute Gasteiger partial charge is 0.376 e. The summed E-state index contributed by atoms with van der Waals surface area (Å²) in [5.41, 5.74) is 7.92. The molecule has 4 nitrogen and oxygen atoms in total. The van der Waals surface area contributed by atoms with Gasteiger partial charge in [0, 0.05) is 11.4 Å². The van der Waals surface area contributed by atoms with E-state index in [1.165, 1.54) is 0 Å². The highest BCUT2D eigenvalue weighted by Gasteiger charge is 2.11. The van der Waals surface area contributed by atoms with Gasteiger partial charge in [-0.05, 0) is 32.7 Å². The van der Waals surface area contributed by atoms with Gasteiger partial charge in [0.15, 0.2) is 0 Å². The van der Waals surface area contributed by atoms with Crippen molar-refractivity contribution in [2.45, 2.75) is 53.5 Å². The van der Waals surface area contributed by atoms with Crippen LogP contribution in [0.15, 0.2) is 23.5 Å². The van der Waals surface area contributed by atoms with Gasteiger partial charge in [-0.3, -0.25) is 20.0 Å². The lowest BCUT2D eigenvalue weighted by Gasteiger charge is -2.17. The average Bonchev–Trinajstić information content (AvgIpc) is 2.30. The summed E-state index contributed by atoms with van der Waals surface area (Å²) in [6.45, 7) is 10.2. The van der Waals surface area contributed by atoms with Gasteiger partial charge in [0.05, 0.1) is 0 Å². The SMILES string of the molecule is CCC=C(C)NO[SiH](CC)ONC(C)=CCC. The first-order chi connectivity index (χ1) is 8.13. The summed E-state index contributed by atoms with van der Waals surface area (Å²) in [7, 11) is -1.68. The quantitative estimate of drug-likeness (QED) is 0.493.